The molecule has 2 aromatic carbocycles. The molecule has 29 heavy (non-hydrogen) atoms. The number of carbonyl (C=O) groups excluding carboxylic acids is 1. The molecule has 1 amide bonds. The number of benzene rings is 2. The lowest BCUT2D eigenvalue weighted by Crippen LogP contribution is -2.35. The summed E-state index contributed by atoms with van der Waals surface area (Å²) in [7, 11) is 0. The fraction of sp³-hybridized carbons (Fsp3) is 0.190. The summed E-state index contributed by atoms with van der Waals surface area (Å²) in [4.78, 5) is 14.4. The van der Waals surface area contributed by atoms with E-state index in [9.17, 15) is 4.79 Å². The maximum absolute atomic E-state index is 12.7. The number of hydrogen-bond acceptors (Lipinski definition) is 4. The first-order valence-electron chi connectivity index (χ1n) is 8.86. The first-order valence-corrected chi connectivity index (χ1v) is 9.99. The van der Waals surface area contributed by atoms with Gasteiger partial charge in [-0.25, -0.2) is 0 Å². The fourth-order valence-corrected chi connectivity index (χ4v) is 3.26. The van der Waals surface area contributed by atoms with E-state index in [0.717, 1.165) is 5.56 Å². The molecule has 0 bridgehead atoms. The zero-order valence-electron chi connectivity index (χ0n) is 15.8. The standard InChI is InChI=1S/C21H18Cl3N3O2/c1-13(2)27(20(28)11-10-16-17(23)4-3-5-18(16)24)12-19-25-26-21(29-19)14-6-8-15(22)9-7-14/h3-11,13H,12H2,1-2H3/b11-10+. The van der Waals surface area contributed by atoms with Gasteiger partial charge in [-0.3, -0.25) is 4.79 Å². The summed E-state index contributed by atoms with van der Waals surface area (Å²) < 4.78 is 5.72. The van der Waals surface area contributed by atoms with Crippen LogP contribution in [0.5, 0.6) is 0 Å². The number of rotatable bonds is 6. The largest absolute Gasteiger partial charge is 0.419 e. The van der Waals surface area contributed by atoms with E-state index < -0.39 is 0 Å². The van der Waals surface area contributed by atoms with Crippen LogP contribution < -0.4 is 0 Å². The summed E-state index contributed by atoms with van der Waals surface area (Å²) in [5.41, 5.74) is 1.35. The second-order valence-corrected chi connectivity index (χ2v) is 7.79. The molecule has 1 aromatic heterocycles. The first-order chi connectivity index (χ1) is 13.8. The lowest BCUT2D eigenvalue weighted by atomic mass is 10.2. The highest BCUT2D eigenvalue weighted by Gasteiger charge is 2.19. The molecular weight excluding hydrogens is 433 g/mol. The Hall–Kier alpha value is -2.34. The second-order valence-electron chi connectivity index (χ2n) is 6.54. The number of nitrogens with zero attached hydrogens (tertiary/aromatic N) is 3. The van der Waals surface area contributed by atoms with Crippen LogP contribution >= 0.6 is 34.8 Å². The molecule has 0 unspecified atom stereocenters. The van der Waals surface area contributed by atoms with Crippen LogP contribution in [0.3, 0.4) is 0 Å². The van der Waals surface area contributed by atoms with E-state index in [-0.39, 0.29) is 18.5 Å². The van der Waals surface area contributed by atoms with Gasteiger partial charge in [0, 0.05) is 38.3 Å². The molecule has 150 valence electrons. The van der Waals surface area contributed by atoms with E-state index in [1.54, 1.807) is 53.4 Å². The zero-order valence-corrected chi connectivity index (χ0v) is 18.0. The van der Waals surface area contributed by atoms with Crippen LogP contribution in [-0.4, -0.2) is 27.0 Å². The lowest BCUT2D eigenvalue weighted by Gasteiger charge is -2.23. The average Bonchev–Trinajstić information content (AvgIpc) is 3.14. The van der Waals surface area contributed by atoms with Crippen LogP contribution in [0.4, 0.5) is 0 Å². The lowest BCUT2D eigenvalue weighted by molar-refractivity contribution is -0.128. The molecule has 5 nitrogen and oxygen atoms in total. The Balaban J connectivity index is 1.76. The Bertz CT molecular complexity index is 1010. The van der Waals surface area contributed by atoms with Gasteiger partial charge in [-0.1, -0.05) is 40.9 Å². The van der Waals surface area contributed by atoms with E-state index in [1.165, 1.54) is 6.08 Å². The van der Waals surface area contributed by atoms with Crippen molar-refractivity contribution in [2.45, 2.75) is 26.4 Å². The van der Waals surface area contributed by atoms with Crippen molar-refractivity contribution in [2.24, 2.45) is 0 Å². The number of carbonyl (C=O) groups is 1. The van der Waals surface area contributed by atoms with Gasteiger partial charge in [0.05, 0.1) is 6.54 Å². The molecule has 0 N–H and O–H groups in total. The summed E-state index contributed by atoms with van der Waals surface area (Å²) in [5.74, 6) is 0.481. The van der Waals surface area contributed by atoms with Gasteiger partial charge in [-0.2, -0.15) is 0 Å². The van der Waals surface area contributed by atoms with Gasteiger partial charge < -0.3 is 9.32 Å². The quantitative estimate of drug-likeness (QED) is 0.423. The summed E-state index contributed by atoms with van der Waals surface area (Å²) >= 11 is 18.2. The highest BCUT2D eigenvalue weighted by atomic mass is 35.5. The highest BCUT2D eigenvalue weighted by Crippen LogP contribution is 2.26. The van der Waals surface area contributed by atoms with Crippen molar-refractivity contribution < 1.29 is 9.21 Å². The molecule has 0 aliphatic heterocycles. The van der Waals surface area contributed by atoms with Crippen LogP contribution in [0.15, 0.2) is 53.0 Å². The summed E-state index contributed by atoms with van der Waals surface area (Å²) in [6.45, 7) is 3.99. The van der Waals surface area contributed by atoms with Crippen LogP contribution in [0.2, 0.25) is 15.1 Å². The molecule has 0 saturated carbocycles. The normalized spacial score (nSPS) is 11.4. The van der Waals surface area contributed by atoms with Gasteiger partial charge in [-0.05, 0) is 56.3 Å². The third kappa shape index (κ3) is 5.38. The molecule has 0 saturated heterocycles. The Morgan fingerprint density at radius 3 is 2.34 bits per heavy atom. The minimum atomic E-state index is -0.220. The SMILES string of the molecule is CC(C)N(Cc1nnc(-c2ccc(Cl)cc2)o1)C(=O)/C=C/c1c(Cl)cccc1Cl. The van der Waals surface area contributed by atoms with Gasteiger partial charge in [0.15, 0.2) is 0 Å². The second kappa shape index (κ2) is 9.44. The molecule has 0 spiro atoms. The molecule has 3 aromatic rings. The predicted molar refractivity (Wildman–Crippen MR) is 116 cm³/mol. The van der Waals surface area contributed by atoms with Crippen molar-refractivity contribution in [3.63, 3.8) is 0 Å². The molecule has 0 aliphatic carbocycles. The number of amides is 1. The molecule has 1 heterocycles. The Labute approximate surface area is 183 Å². The van der Waals surface area contributed by atoms with E-state index in [0.29, 0.717) is 32.4 Å². The molecule has 0 atom stereocenters. The highest BCUT2D eigenvalue weighted by molar-refractivity contribution is 6.37. The van der Waals surface area contributed by atoms with Crippen molar-refractivity contribution in [2.75, 3.05) is 0 Å². The smallest absolute Gasteiger partial charge is 0.247 e. The van der Waals surface area contributed by atoms with Crippen molar-refractivity contribution in [3.05, 3.63) is 75.1 Å². The minimum Gasteiger partial charge on any atom is -0.419 e. The average molecular weight is 451 g/mol. The van der Waals surface area contributed by atoms with Crippen molar-refractivity contribution >= 4 is 46.8 Å². The van der Waals surface area contributed by atoms with Crippen molar-refractivity contribution in [1.29, 1.82) is 0 Å². The molecule has 0 aliphatic rings. The van der Waals surface area contributed by atoms with Crippen LogP contribution in [0.1, 0.15) is 25.3 Å². The van der Waals surface area contributed by atoms with E-state index in [4.69, 9.17) is 39.2 Å². The Kier molecular flexibility index (Phi) is 6.96. The van der Waals surface area contributed by atoms with Gasteiger partial charge >= 0.3 is 0 Å². The molecule has 0 radical (unpaired) electrons. The maximum atomic E-state index is 12.7. The molecule has 8 heteroatoms. The van der Waals surface area contributed by atoms with Gasteiger partial charge in [-0.15, -0.1) is 10.2 Å². The Morgan fingerprint density at radius 1 is 1.07 bits per heavy atom. The summed E-state index contributed by atoms with van der Waals surface area (Å²) in [6.07, 6.45) is 3.04. The fourth-order valence-electron chi connectivity index (χ4n) is 2.61. The molecule has 3 rings (SSSR count). The monoisotopic (exact) mass is 449 g/mol. The van der Waals surface area contributed by atoms with E-state index >= 15 is 0 Å². The van der Waals surface area contributed by atoms with Crippen LogP contribution in [0, 0.1) is 0 Å². The number of aromatic nitrogens is 2. The van der Waals surface area contributed by atoms with Crippen LogP contribution in [-0.2, 0) is 11.3 Å². The summed E-state index contributed by atoms with van der Waals surface area (Å²) in [6, 6.07) is 12.2. The number of hydrogen-bond donors (Lipinski definition) is 0. The third-order valence-electron chi connectivity index (χ3n) is 4.16. The van der Waals surface area contributed by atoms with Gasteiger partial charge in [0.2, 0.25) is 17.7 Å². The van der Waals surface area contributed by atoms with Gasteiger partial charge in [0.1, 0.15) is 0 Å². The van der Waals surface area contributed by atoms with Crippen LogP contribution in [0.25, 0.3) is 17.5 Å². The topological polar surface area (TPSA) is 59.2 Å². The first kappa shape index (κ1) is 21.4. The maximum Gasteiger partial charge on any atom is 0.247 e. The summed E-state index contributed by atoms with van der Waals surface area (Å²) in [5, 5.41) is 9.68. The predicted octanol–water partition coefficient (Wildman–Crippen LogP) is 6.15. The zero-order chi connectivity index (χ0) is 21.0. The Morgan fingerprint density at radius 2 is 1.72 bits per heavy atom. The third-order valence-corrected chi connectivity index (χ3v) is 5.07. The van der Waals surface area contributed by atoms with E-state index in [1.807, 2.05) is 13.8 Å². The van der Waals surface area contributed by atoms with Gasteiger partial charge in [0.25, 0.3) is 0 Å². The van der Waals surface area contributed by atoms with E-state index in [2.05, 4.69) is 10.2 Å². The van der Waals surface area contributed by atoms with Crippen molar-refractivity contribution in [1.82, 2.24) is 15.1 Å². The minimum absolute atomic E-state index is 0.0836. The molecular formula is C21H18Cl3N3O2. The van der Waals surface area contributed by atoms with Crippen molar-refractivity contribution in [3.8, 4) is 11.5 Å². The molecule has 0 fully saturated rings. The number of halogens is 3.